The van der Waals surface area contributed by atoms with Crippen molar-refractivity contribution in [2.24, 2.45) is 0 Å². The van der Waals surface area contributed by atoms with Crippen molar-refractivity contribution in [3.8, 4) is 0 Å². The Morgan fingerprint density at radius 3 is 2.03 bits per heavy atom. The van der Waals surface area contributed by atoms with Gasteiger partial charge in [0, 0.05) is 11.0 Å². The number of hydrogen-bond acceptors (Lipinski definition) is 3. The van der Waals surface area contributed by atoms with E-state index < -0.39 is 28.2 Å². The Hall–Kier alpha value is -2.45. The molecule has 1 atom stereocenters. The van der Waals surface area contributed by atoms with Gasteiger partial charge in [0.05, 0.1) is 23.6 Å². The van der Waals surface area contributed by atoms with Crippen molar-refractivity contribution in [3.63, 3.8) is 0 Å². The zero-order valence-electron chi connectivity index (χ0n) is 15.1. The molecule has 0 aliphatic carbocycles. The summed E-state index contributed by atoms with van der Waals surface area (Å²) in [5.74, 6) is -1.49. The van der Waals surface area contributed by atoms with Crippen molar-refractivity contribution >= 4 is 28.6 Å². The lowest BCUT2D eigenvalue weighted by atomic mass is 10.2. The van der Waals surface area contributed by atoms with E-state index in [4.69, 9.17) is 0 Å². The third-order valence-electron chi connectivity index (χ3n) is 3.85. The third kappa shape index (κ3) is 5.33. The van der Waals surface area contributed by atoms with Crippen LogP contribution in [0.25, 0.3) is 0 Å². The molecule has 29 heavy (non-hydrogen) atoms. The van der Waals surface area contributed by atoms with Crippen molar-refractivity contribution in [2.75, 3.05) is 7.11 Å². The first-order valence-electron chi connectivity index (χ1n) is 8.31. The maximum atomic E-state index is 14.5. The maximum absolute atomic E-state index is 14.5. The number of alkyl halides is 3. The van der Waals surface area contributed by atoms with Crippen LogP contribution >= 0.6 is 11.8 Å². The highest BCUT2D eigenvalue weighted by Gasteiger charge is 2.32. The molecule has 1 unspecified atom stereocenters. The topological polar surface area (TPSA) is 26.3 Å². The normalized spacial score (nSPS) is 12.4. The van der Waals surface area contributed by atoms with E-state index in [1.165, 1.54) is 31.4 Å². The van der Waals surface area contributed by atoms with Gasteiger partial charge in [-0.05, 0) is 60.3 Å². The summed E-state index contributed by atoms with van der Waals surface area (Å²) in [5, 5.41) is 0. The van der Waals surface area contributed by atoms with Crippen LogP contribution in [-0.4, -0.2) is 18.6 Å². The molecule has 0 heterocycles. The Bertz CT molecular complexity index is 990. The molecule has 0 bridgehead atoms. The standard InChI is InChI=1S/C21H15F4O2S2/c1-27-20(26)18-12-11-17(13-19(18)22)29(15-5-3-2-4-6-15)16-9-7-14(8-10-16)28-21(23,24)25/h2-13H,1H3/q+1. The number of methoxy groups -OCH3 is 1. The number of halogens is 4. The smallest absolute Gasteiger partial charge is 0.446 e. The molecule has 3 rings (SSSR count). The Balaban J connectivity index is 2.03. The fourth-order valence-electron chi connectivity index (χ4n) is 2.64. The molecule has 0 radical (unpaired) electrons. The first-order valence-corrected chi connectivity index (χ1v) is 10.4. The largest absolute Gasteiger partial charge is 0.465 e. The van der Waals surface area contributed by atoms with Crippen LogP contribution in [0, 0.1) is 5.82 Å². The fraction of sp³-hybridized carbons (Fsp3) is 0.0952. The van der Waals surface area contributed by atoms with Crippen molar-refractivity contribution in [2.45, 2.75) is 25.1 Å². The quantitative estimate of drug-likeness (QED) is 0.201. The Labute approximate surface area is 172 Å². The highest BCUT2D eigenvalue weighted by Crippen LogP contribution is 2.38. The predicted octanol–water partition coefficient (Wildman–Crippen LogP) is 6.32. The van der Waals surface area contributed by atoms with E-state index in [9.17, 15) is 22.4 Å². The van der Waals surface area contributed by atoms with Crippen LogP contribution < -0.4 is 0 Å². The van der Waals surface area contributed by atoms with E-state index >= 15 is 0 Å². The molecule has 0 spiro atoms. The van der Waals surface area contributed by atoms with Crippen LogP contribution in [0.2, 0.25) is 0 Å². The molecular formula is C21H15F4O2S2+. The van der Waals surface area contributed by atoms with Gasteiger partial charge in [0.2, 0.25) is 0 Å². The molecule has 2 nitrogen and oxygen atoms in total. The molecular weight excluding hydrogens is 424 g/mol. The van der Waals surface area contributed by atoms with Gasteiger partial charge in [0.15, 0.2) is 14.7 Å². The lowest BCUT2D eigenvalue weighted by Crippen LogP contribution is -2.09. The van der Waals surface area contributed by atoms with Gasteiger partial charge in [-0.1, -0.05) is 18.2 Å². The molecule has 0 aliphatic rings. The van der Waals surface area contributed by atoms with Crippen molar-refractivity contribution in [3.05, 3.63) is 84.2 Å². The maximum Gasteiger partial charge on any atom is 0.446 e. The van der Waals surface area contributed by atoms with Crippen LogP contribution in [0.1, 0.15) is 10.4 Å². The van der Waals surface area contributed by atoms with Gasteiger partial charge in [0.25, 0.3) is 0 Å². The third-order valence-corrected chi connectivity index (χ3v) is 6.81. The van der Waals surface area contributed by atoms with E-state index in [0.717, 1.165) is 9.79 Å². The van der Waals surface area contributed by atoms with Crippen LogP contribution in [0.4, 0.5) is 17.6 Å². The average molecular weight is 439 g/mol. The van der Waals surface area contributed by atoms with Crippen molar-refractivity contribution in [1.29, 1.82) is 0 Å². The van der Waals surface area contributed by atoms with Crippen LogP contribution in [-0.2, 0) is 15.6 Å². The van der Waals surface area contributed by atoms with Crippen LogP contribution in [0.15, 0.2) is 92.4 Å². The molecule has 0 amide bonds. The minimum absolute atomic E-state index is 0.0741. The lowest BCUT2D eigenvalue weighted by Gasteiger charge is -2.10. The first kappa shape index (κ1) is 21.3. The number of thioether (sulfide) groups is 1. The number of rotatable bonds is 5. The molecule has 0 N–H and O–H groups in total. The minimum Gasteiger partial charge on any atom is -0.465 e. The van der Waals surface area contributed by atoms with Gasteiger partial charge in [-0.2, -0.15) is 13.2 Å². The zero-order valence-corrected chi connectivity index (χ0v) is 16.7. The summed E-state index contributed by atoms with van der Waals surface area (Å²) in [5.41, 5.74) is -4.54. The molecule has 150 valence electrons. The fourth-order valence-corrected chi connectivity index (χ4v) is 5.26. The highest BCUT2D eigenvalue weighted by molar-refractivity contribution is 8.00. The Morgan fingerprint density at radius 2 is 1.48 bits per heavy atom. The average Bonchev–Trinajstić information content (AvgIpc) is 2.69. The number of carbonyl (C=O) groups excluding carboxylic acids is 1. The molecule has 0 aromatic heterocycles. The van der Waals surface area contributed by atoms with Crippen molar-refractivity contribution in [1.82, 2.24) is 0 Å². The summed E-state index contributed by atoms with van der Waals surface area (Å²) in [7, 11) is 0.409. The zero-order chi connectivity index (χ0) is 21.0. The van der Waals surface area contributed by atoms with E-state index in [0.29, 0.717) is 4.90 Å². The molecule has 0 fully saturated rings. The summed E-state index contributed by atoms with van der Waals surface area (Å²) in [6, 6.07) is 19.5. The van der Waals surface area contributed by atoms with Gasteiger partial charge < -0.3 is 4.74 Å². The second kappa shape index (κ2) is 8.92. The summed E-state index contributed by atoms with van der Waals surface area (Å²) in [4.78, 5) is 13.9. The molecule has 3 aromatic rings. The van der Waals surface area contributed by atoms with Gasteiger partial charge in [-0.25, -0.2) is 9.18 Å². The Morgan fingerprint density at radius 1 is 0.897 bits per heavy atom. The summed E-state index contributed by atoms with van der Waals surface area (Å²) < 4.78 is 56.9. The Kier molecular flexibility index (Phi) is 6.54. The number of carbonyl (C=O) groups is 1. The van der Waals surface area contributed by atoms with E-state index in [2.05, 4.69) is 4.74 Å². The van der Waals surface area contributed by atoms with E-state index in [1.54, 1.807) is 18.2 Å². The summed E-state index contributed by atoms with van der Waals surface area (Å²) in [6.07, 6.45) is 0. The number of ether oxygens (including phenoxy) is 1. The molecule has 0 saturated heterocycles. The second-order valence-electron chi connectivity index (χ2n) is 5.77. The number of esters is 1. The van der Waals surface area contributed by atoms with Gasteiger partial charge in [0.1, 0.15) is 5.82 Å². The van der Waals surface area contributed by atoms with E-state index in [1.807, 2.05) is 30.3 Å². The van der Waals surface area contributed by atoms with E-state index in [-0.39, 0.29) is 22.2 Å². The highest BCUT2D eigenvalue weighted by atomic mass is 32.2. The monoisotopic (exact) mass is 439 g/mol. The molecule has 3 aromatic carbocycles. The number of benzene rings is 3. The van der Waals surface area contributed by atoms with Gasteiger partial charge in [-0.3, -0.25) is 0 Å². The molecule has 0 saturated carbocycles. The minimum atomic E-state index is -4.37. The lowest BCUT2D eigenvalue weighted by molar-refractivity contribution is -0.0328. The van der Waals surface area contributed by atoms with Crippen LogP contribution in [0.3, 0.4) is 0 Å². The predicted molar refractivity (Wildman–Crippen MR) is 105 cm³/mol. The SMILES string of the molecule is COC(=O)c1ccc([S+](c2ccccc2)c2ccc(SC(F)(F)F)cc2)cc1F. The van der Waals surface area contributed by atoms with Crippen LogP contribution in [0.5, 0.6) is 0 Å². The van der Waals surface area contributed by atoms with Gasteiger partial charge >= 0.3 is 11.5 Å². The molecule has 0 aliphatic heterocycles. The summed E-state index contributed by atoms with van der Waals surface area (Å²) in [6.45, 7) is 0. The molecule has 8 heteroatoms. The second-order valence-corrected chi connectivity index (χ2v) is 8.94. The van der Waals surface area contributed by atoms with Gasteiger partial charge in [-0.15, -0.1) is 0 Å². The van der Waals surface area contributed by atoms with Crippen molar-refractivity contribution < 1.29 is 27.1 Å². The summed E-state index contributed by atoms with van der Waals surface area (Å²) >= 11 is -0.185. The number of hydrogen-bond donors (Lipinski definition) is 0. The first-order chi connectivity index (χ1) is 13.8.